The van der Waals surface area contributed by atoms with Gasteiger partial charge in [-0.2, -0.15) is 0 Å². The largest absolute Gasteiger partial charge is 0.479 e. The average molecular weight is 371 g/mol. The van der Waals surface area contributed by atoms with E-state index in [9.17, 15) is 9.59 Å². The molecule has 134 valence electrons. The number of carbonyl (C=O) groups is 2. The van der Waals surface area contributed by atoms with E-state index in [1.165, 1.54) is 18.4 Å². The number of ether oxygens (including phenoxy) is 3. The maximum Gasteiger partial charge on any atom is 0.351 e. The molecule has 0 spiro atoms. The summed E-state index contributed by atoms with van der Waals surface area (Å²) in [5.74, 6) is -0.748. The Morgan fingerprint density at radius 1 is 1.12 bits per heavy atom. The molecule has 0 N–H and O–H groups in total. The first-order valence-electron chi connectivity index (χ1n) is 7.99. The SMILES string of the molecule is CCOC(=O)COc1c(C(=O)OC)sc2nc(-c3ccccc3)ccc12. The van der Waals surface area contributed by atoms with E-state index >= 15 is 0 Å². The first-order chi connectivity index (χ1) is 12.6. The minimum Gasteiger partial charge on any atom is -0.479 e. The van der Waals surface area contributed by atoms with Crippen LogP contribution in [0.3, 0.4) is 0 Å². The van der Waals surface area contributed by atoms with Gasteiger partial charge in [-0.15, -0.1) is 11.3 Å². The first kappa shape index (κ1) is 17.9. The summed E-state index contributed by atoms with van der Waals surface area (Å²) in [5, 5.41) is 0.652. The van der Waals surface area contributed by atoms with Gasteiger partial charge in [-0.25, -0.2) is 14.6 Å². The number of rotatable bonds is 6. The van der Waals surface area contributed by atoms with Crippen LogP contribution in [0.4, 0.5) is 0 Å². The number of thiophene rings is 1. The molecule has 0 aliphatic rings. The molecular formula is C19H17NO5S. The van der Waals surface area contributed by atoms with E-state index in [0.717, 1.165) is 11.3 Å². The fourth-order valence-electron chi connectivity index (χ4n) is 2.43. The van der Waals surface area contributed by atoms with E-state index in [1.54, 1.807) is 6.92 Å². The van der Waals surface area contributed by atoms with Gasteiger partial charge >= 0.3 is 11.9 Å². The Bertz CT molecular complexity index is 936. The lowest BCUT2D eigenvalue weighted by atomic mass is 10.1. The van der Waals surface area contributed by atoms with E-state index in [1.807, 2.05) is 42.5 Å². The number of fused-ring (bicyclic) bond motifs is 1. The van der Waals surface area contributed by atoms with E-state index in [4.69, 9.17) is 14.2 Å². The molecule has 0 aliphatic carbocycles. The predicted octanol–water partition coefficient (Wildman–Crippen LogP) is 3.69. The molecule has 3 aromatic rings. The van der Waals surface area contributed by atoms with Crippen molar-refractivity contribution in [2.75, 3.05) is 20.3 Å². The van der Waals surface area contributed by atoms with Gasteiger partial charge in [-0.3, -0.25) is 0 Å². The van der Waals surface area contributed by atoms with Gasteiger partial charge in [-0.05, 0) is 19.1 Å². The molecule has 0 unspecified atom stereocenters. The van der Waals surface area contributed by atoms with Crippen LogP contribution < -0.4 is 4.74 Å². The molecule has 6 nitrogen and oxygen atoms in total. The molecule has 1 aromatic carbocycles. The molecule has 2 aromatic heterocycles. The van der Waals surface area contributed by atoms with Crippen molar-refractivity contribution in [3.05, 3.63) is 47.3 Å². The van der Waals surface area contributed by atoms with Gasteiger partial charge in [0.15, 0.2) is 17.2 Å². The minimum absolute atomic E-state index is 0.262. The Morgan fingerprint density at radius 2 is 1.88 bits per heavy atom. The van der Waals surface area contributed by atoms with E-state index < -0.39 is 11.9 Å². The maximum atomic E-state index is 12.1. The molecule has 2 heterocycles. The number of nitrogens with zero attached hydrogens (tertiary/aromatic N) is 1. The van der Waals surface area contributed by atoms with Gasteiger partial charge in [0.2, 0.25) is 0 Å². The molecule has 0 amide bonds. The monoisotopic (exact) mass is 371 g/mol. The van der Waals surface area contributed by atoms with Crippen LogP contribution in [-0.4, -0.2) is 37.2 Å². The zero-order valence-electron chi connectivity index (χ0n) is 14.4. The number of benzene rings is 1. The number of aromatic nitrogens is 1. The summed E-state index contributed by atoms with van der Waals surface area (Å²) < 4.78 is 15.3. The standard InChI is InChI=1S/C19H17NO5S/c1-3-24-15(21)11-25-16-13-9-10-14(12-7-5-4-6-8-12)20-18(13)26-17(16)19(22)23-2/h4-10H,3,11H2,1-2H3. The number of esters is 2. The third-order valence-electron chi connectivity index (χ3n) is 3.59. The van der Waals surface area contributed by atoms with Crippen molar-refractivity contribution in [2.45, 2.75) is 6.92 Å². The van der Waals surface area contributed by atoms with Gasteiger partial charge in [0.25, 0.3) is 0 Å². The van der Waals surface area contributed by atoms with Gasteiger partial charge < -0.3 is 14.2 Å². The molecule has 26 heavy (non-hydrogen) atoms. The predicted molar refractivity (Wildman–Crippen MR) is 98.5 cm³/mol. The highest BCUT2D eigenvalue weighted by atomic mass is 32.1. The number of carbonyl (C=O) groups excluding carboxylic acids is 2. The Morgan fingerprint density at radius 3 is 2.58 bits per heavy atom. The molecule has 0 radical (unpaired) electrons. The second-order valence-electron chi connectivity index (χ2n) is 5.26. The number of hydrogen-bond donors (Lipinski definition) is 0. The second kappa shape index (κ2) is 7.97. The molecule has 0 bridgehead atoms. The summed E-state index contributed by atoms with van der Waals surface area (Å²) in [6.07, 6.45) is 0. The summed E-state index contributed by atoms with van der Waals surface area (Å²) >= 11 is 1.17. The van der Waals surface area contributed by atoms with Crippen molar-refractivity contribution in [3.8, 4) is 17.0 Å². The van der Waals surface area contributed by atoms with Crippen molar-refractivity contribution in [3.63, 3.8) is 0 Å². The zero-order chi connectivity index (χ0) is 18.5. The number of methoxy groups -OCH3 is 1. The van der Waals surface area contributed by atoms with Crippen LogP contribution in [0.5, 0.6) is 5.75 Å². The van der Waals surface area contributed by atoms with Crippen LogP contribution in [-0.2, 0) is 14.3 Å². The molecular weight excluding hydrogens is 354 g/mol. The Balaban J connectivity index is 2.01. The van der Waals surface area contributed by atoms with Crippen LogP contribution in [0, 0.1) is 0 Å². The third kappa shape index (κ3) is 3.67. The fraction of sp³-hybridized carbons (Fsp3) is 0.211. The second-order valence-corrected chi connectivity index (χ2v) is 6.26. The van der Waals surface area contributed by atoms with Crippen LogP contribution >= 0.6 is 11.3 Å². The summed E-state index contributed by atoms with van der Waals surface area (Å²) in [7, 11) is 1.30. The van der Waals surface area contributed by atoms with Crippen LogP contribution in [0.2, 0.25) is 0 Å². The van der Waals surface area contributed by atoms with E-state index in [2.05, 4.69) is 4.98 Å². The highest BCUT2D eigenvalue weighted by Gasteiger charge is 2.22. The summed E-state index contributed by atoms with van der Waals surface area (Å²) in [6.45, 7) is 1.69. The molecule has 3 rings (SSSR count). The third-order valence-corrected chi connectivity index (χ3v) is 4.65. The molecule has 0 saturated carbocycles. The van der Waals surface area contributed by atoms with Gasteiger partial charge in [0.1, 0.15) is 4.83 Å². The fourth-order valence-corrected chi connectivity index (χ4v) is 3.47. The van der Waals surface area contributed by atoms with Gasteiger partial charge in [0.05, 0.1) is 24.8 Å². The molecule has 0 saturated heterocycles. The smallest absolute Gasteiger partial charge is 0.351 e. The summed E-state index contributed by atoms with van der Waals surface area (Å²) in [6, 6.07) is 13.4. The Labute approximate surface area is 154 Å². The van der Waals surface area contributed by atoms with Crippen LogP contribution in [0.15, 0.2) is 42.5 Å². The van der Waals surface area contributed by atoms with Crippen molar-refractivity contribution < 1.29 is 23.8 Å². The Hall–Kier alpha value is -2.93. The van der Waals surface area contributed by atoms with Gasteiger partial charge in [-0.1, -0.05) is 30.3 Å². The average Bonchev–Trinajstić information content (AvgIpc) is 3.04. The maximum absolute atomic E-state index is 12.1. The van der Waals surface area contributed by atoms with Crippen molar-refractivity contribution in [2.24, 2.45) is 0 Å². The molecule has 7 heteroatoms. The zero-order valence-corrected chi connectivity index (χ0v) is 15.2. The van der Waals surface area contributed by atoms with Crippen LogP contribution in [0.25, 0.3) is 21.5 Å². The summed E-state index contributed by atoms with van der Waals surface area (Å²) in [5.41, 5.74) is 1.75. The minimum atomic E-state index is -0.534. The first-order valence-corrected chi connectivity index (χ1v) is 8.81. The topological polar surface area (TPSA) is 74.7 Å². The van der Waals surface area contributed by atoms with Crippen molar-refractivity contribution >= 4 is 33.5 Å². The van der Waals surface area contributed by atoms with Crippen LogP contribution in [0.1, 0.15) is 16.6 Å². The number of pyridine rings is 1. The normalized spacial score (nSPS) is 10.5. The lowest BCUT2D eigenvalue weighted by molar-refractivity contribution is -0.145. The van der Waals surface area contributed by atoms with Crippen molar-refractivity contribution in [1.82, 2.24) is 4.98 Å². The highest BCUT2D eigenvalue weighted by Crippen LogP contribution is 2.38. The van der Waals surface area contributed by atoms with Crippen molar-refractivity contribution in [1.29, 1.82) is 0 Å². The quantitative estimate of drug-likeness (QED) is 0.615. The lowest BCUT2D eigenvalue weighted by Crippen LogP contribution is -2.15. The van der Waals surface area contributed by atoms with Gasteiger partial charge in [0, 0.05) is 5.56 Å². The Kier molecular flexibility index (Phi) is 5.48. The molecule has 0 atom stereocenters. The molecule has 0 fully saturated rings. The summed E-state index contributed by atoms with van der Waals surface area (Å²) in [4.78, 5) is 29.2. The number of hydrogen-bond acceptors (Lipinski definition) is 7. The van der Waals surface area contributed by atoms with E-state index in [-0.39, 0.29) is 23.8 Å². The van der Waals surface area contributed by atoms with E-state index in [0.29, 0.717) is 10.2 Å². The highest BCUT2D eigenvalue weighted by molar-refractivity contribution is 7.20. The lowest BCUT2D eigenvalue weighted by Gasteiger charge is -2.07. The molecule has 0 aliphatic heterocycles.